The lowest BCUT2D eigenvalue weighted by atomic mass is 10.2. The second-order valence-corrected chi connectivity index (χ2v) is 4.94. The van der Waals surface area contributed by atoms with Gasteiger partial charge in [0.25, 0.3) is 5.69 Å². The Kier molecular flexibility index (Phi) is 4.01. The summed E-state index contributed by atoms with van der Waals surface area (Å²) in [6.45, 7) is -3.13. The van der Waals surface area contributed by atoms with Gasteiger partial charge in [0.05, 0.1) is 17.2 Å². The van der Waals surface area contributed by atoms with Crippen LogP contribution in [0.1, 0.15) is 0 Å². The Balaban J connectivity index is 3.16. The van der Waals surface area contributed by atoms with Crippen LogP contribution >= 0.6 is 0 Å². The maximum absolute atomic E-state index is 11.9. The van der Waals surface area contributed by atoms with Gasteiger partial charge in [-0.2, -0.15) is 8.78 Å². The summed E-state index contributed by atoms with van der Waals surface area (Å²) in [6, 6.07) is 2.67. The maximum Gasteiger partial charge on any atom is 0.387 e. The van der Waals surface area contributed by atoms with Crippen molar-refractivity contribution >= 4 is 21.4 Å². The number of alkyl halides is 2. The average molecular weight is 282 g/mol. The highest BCUT2D eigenvalue weighted by molar-refractivity contribution is 7.92. The number of sulfonamides is 1. The van der Waals surface area contributed by atoms with Gasteiger partial charge >= 0.3 is 6.61 Å². The molecule has 0 aliphatic heterocycles. The number of ether oxygens (including phenoxy) is 1. The normalized spacial score (nSPS) is 11.3. The Morgan fingerprint density at radius 3 is 2.50 bits per heavy atom. The summed E-state index contributed by atoms with van der Waals surface area (Å²) in [7, 11) is -3.71. The molecule has 18 heavy (non-hydrogen) atoms. The van der Waals surface area contributed by atoms with E-state index in [0.29, 0.717) is 6.07 Å². The third kappa shape index (κ3) is 4.13. The Bertz CT molecular complexity index is 561. The average Bonchev–Trinajstić information content (AvgIpc) is 2.17. The maximum atomic E-state index is 11.9. The van der Waals surface area contributed by atoms with E-state index in [1.54, 1.807) is 0 Å². The van der Waals surface area contributed by atoms with Crippen LogP contribution < -0.4 is 9.46 Å². The molecule has 0 aliphatic rings. The van der Waals surface area contributed by atoms with Crippen LogP contribution in [0.15, 0.2) is 18.2 Å². The van der Waals surface area contributed by atoms with E-state index in [1.165, 1.54) is 0 Å². The number of anilines is 1. The molecular weight excluding hydrogens is 274 g/mol. The summed E-state index contributed by atoms with van der Waals surface area (Å²) < 4.78 is 51.6. The number of nitro benzene ring substituents is 1. The molecule has 1 rings (SSSR count). The van der Waals surface area contributed by atoms with Gasteiger partial charge in [0.2, 0.25) is 10.0 Å². The summed E-state index contributed by atoms with van der Waals surface area (Å²) >= 11 is 0. The summed E-state index contributed by atoms with van der Waals surface area (Å²) in [5.74, 6) is -0.434. The molecule has 0 bridgehead atoms. The Hall–Kier alpha value is -1.97. The Morgan fingerprint density at radius 1 is 1.44 bits per heavy atom. The van der Waals surface area contributed by atoms with Crippen molar-refractivity contribution in [3.63, 3.8) is 0 Å². The van der Waals surface area contributed by atoms with Gasteiger partial charge in [-0.3, -0.25) is 14.8 Å². The minimum Gasteiger partial charge on any atom is -0.435 e. The predicted octanol–water partition coefficient (Wildman–Crippen LogP) is 1.57. The van der Waals surface area contributed by atoms with Crippen molar-refractivity contribution in [3.8, 4) is 5.75 Å². The summed E-state index contributed by atoms with van der Waals surface area (Å²) in [5.41, 5.74) is -1.01. The number of nitro groups is 1. The van der Waals surface area contributed by atoms with Crippen molar-refractivity contribution in [2.75, 3.05) is 11.0 Å². The molecular formula is C8H8F2N2O5S. The molecule has 0 aliphatic carbocycles. The van der Waals surface area contributed by atoms with Crippen LogP contribution in [-0.4, -0.2) is 26.2 Å². The fourth-order valence-corrected chi connectivity index (χ4v) is 1.70. The Labute approximate surface area is 101 Å². The molecule has 0 heterocycles. The second kappa shape index (κ2) is 5.12. The third-order valence-corrected chi connectivity index (χ3v) is 2.28. The quantitative estimate of drug-likeness (QED) is 0.652. The van der Waals surface area contributed by atoms with Crippen LogP contribution in [0.4, 0.5) is 20.2 Å². The number of halogens is 2. The summed E-state index contributed by atoms with van der Waals surface area (Å²) in [4.78, 5) is 9.76. The van der Waals surface area contributed by atoms with Gasteiger partial charge in [-0.15, -0.1) is 0 Å². The fraction of sp³-hybridized carbons (Fsp3) is 0.250. The molecule has 7 nitrogen and oxygen atoms in total. The van der Waals surface area contributed by atoms with Crippen molar-refractivity contribution in [2.45, 2.75) is 6.61 Å². The zero-order chi connectivity index (χ0) is 13.9. The molecule has 0 saturated carbocycles. The van der Waals surface area contributed by atoms with Gasteiger partial charge in [0, 0.05) is 0 Å². The zero-order valence-corrected chi connectivity index (χ0v) is 9.78. The van der Waals surface area contributed by atoms with Crippen molar-refractivity contribution < 1.29 is 26.9 Å². The minimum absolute atomic E-state index is 0.330. The SMILES string of the molecule is CS(=O)(=O)Nc1ccc(OC(F)F)cc1[N+](=O)[O-]. The molecule has 0 amide bonds. The monoisotopic (exact) mass is 282 g/mol. The number of nitrogens with zero attached hydrogens (tertiary/aromatic N) is 1. The molecule has 1 aromatic carbocycles. The molecule has 100 valence electrons. The van der Waals surface area contributed by atoms with Gasteiger partial charge in [-0.05, 0) is 12.1 Å². The van der Waals surface area contributed by atoms with E-state index in [2.05, 4.69) is 4.74 Å². The number of hydrogen-bond acceptors (Lipinski definition) is 5. The molecule has 1 aromatic rings. The topological polar surface area (TPSA) is 98.5 Å². The molecule has 0 radical (unpaired) electrons. The third-order valence-electron chi connectivity index (χ3n) is 1.69. The number of benzene rings is 1. The summed E-state index contributed by atoms with van der Waals surface area (Å²) in [6.07, 6.45) is 0.806. The second-order valence-electron chi connectivity index (χ2n) is 3.19. The van der Waals surface area contributed by atoms with Crippen LogP contribution in [-0.2, 0) is 10.0 Å². The van der Waals surface area contributed by atoms with E-state index in [9.17, 15) is 27.3 Å². The zero-order valence-electron chi connectivity index (χ0n) is 8.96. The van der Waals surface area contributed by atoms with Gasteiger partial charge in [-0.1, -0.05) is 0 Å². The molecule has 0 saturated heterocycles. The lowest BCUT2D eigenvalue weighted by Crippen LogP contribution is -2.11. The standard InChI is InChI=1S/C8H8F2N2O5S/c1-18(15,16)11-6-3-2-5(17-8(9)10)4-7(6)12(13)14/h2-4,8,11H,1H3. The van der Waals surface area contributed by atoms with Gasteiger partial charge in [0.15, 0.2) is 0 Å². The lowest BCUT2D eigenvalue weighted by molar-refractivity contribution is -0.384. The van der Waals surface area contributed by atoms with Crippen molar-refractivity contribution in [2.24, 2.45) is 0 Å². The minimum atomic E-state index is -3.71. The first-order chi connectivity index (χ1) is 8.19. The molecule has 1 N–H and O–H groups in total. The highest BCUT2D eigenvalue weighted by atomic mass is 32.2. The molecule has 10 heteroatoms. The molecule has 0 fully saturated rings. The molecule has 0 atom stereocenters. The number of rotatable bonds is 5. The fourth-order valence-electron chi connectivity index (χ4n) is 1.12. The van der Waals surface area contributed by atoms with Crippen molar-refractivity contribution in [1.29, 1.82) is 0 Å². The van der Waals surface area contributed by atoms with E-state index in [-0.39, 0.29) is 5.69 Å². The van der Waals surface area contributed by atoms with E-state index < -0.39 is 33.0 Å². The van der Waals surface area contributed by atoms with E-state index in [0.717, 1.165) is 18.4 Å². The summed E-state index contributed by atoms with van der Waals surface area (Å²) in [5, 5.41) is 10.7. The van der Waals surface area contributed by atoms with Crippen LogP contribution in [0.5, 0.6) is 5.75 Å². The molecule has 0 unspecified atom stereocenters. The first kappa shape index (κ1) is 14.1. The van der Waals surface area contributed by atoms with Crippen LogP contribution in [0.3, 0.4) is 0 Å². The highest BCUT2D eigenvalue weighted by Crippen LogP contribution is 2.30. The molecule has 0 spiro atoms. The first-order valence-corrected chi connectivity index (χ1v) is 6.29. The van der Waals surface area contributed by atoms with E-state index >= 15 is 0 Å². The predicted molar refractivity (Wildman–Crippen MR) is 58.2 cm³/mol. The van der Waals surface area contributed by atoms with E-state index in [1.807, 2.05) is 4.72 Å². The van der Waals surface area contributed by atoms with E-state index in [4.69, 9.17) is 0 Å². The van der Waals surface area contributed by atoms with Crippen LogP contribution in [0.25, 0.3) is 0 Å². The van der Waals surface area contributed by atoms with Gasteiger partial charge in [0.1, 0.15) is 11.4 Å². The van der Waals surface area contributed by atoms with Crippen molar-refractivity contribution in [1.82, 2.24) is 0 Å². The van der Waals surface area contributed by atoms with Crippen LogP contribution in [0, 0.1) is 10.1 Å². The van der Waals surface area contributed by atoms with Gasteiger partial charge < -0.3 is 4.74 Å². The van der Waals surface area contributed by atoms with Crippen molar-refractivity contribution in [3.05, 3.63) is 28.3 Å². The Morgan fingerprint density at radius 2 is 2.06 bits per heavy atom. The smallest absolute Gasteiger partial charge is 0.387 e. The number of hydrogen-bond donors (Lipinski definition) is 1. The first-order valence-electron chi connectivity index (χ1n) is 4.40. The van der Waals surface area contributed by atoms with Crippen LogP contribution in [0.2, 0.25) is 0 Å². The van der Waals surface area contributed by atoms with Gasteiger partial charge in [-0.25, -0.2) is 8.42 Å². The number of nitrogens with one attached hydrogen (secondary N) is 1. The largest absolute Gasteiger partial charge is 0.435 e. The molecule has 0 aromatic heterocycles. The highest BCUT2D eigenvalue weighted by Gasteiger charge is 2.19. The lowest BCUT2D eigenvalue weighted by Gasteiger charge is -2.07.